The van der Waals surface area contributed by atoms with Crippen LogP contribution in [-0.2, 0) is 9.53 Å². The van der Waals surface area contributed by atoms with E-state index in [2.05, 4.69) is 0 Å². The number of aliphatic carboxylic acids is 1. The summed E-state index contributed by atoms with van der Waals surface area (Å²) in [5.41, 5.74) is 0.653. The number of ether oxygens (including phenoxy) is 1. The highest BCUT2D eigenvalue weighted by Crippen LogP contribution is 2.20. The molecule has 0 aliphatic heterocycles. The zero-order valence-electron chi connectivity index (χ0n) is 7.55. The van der Waals surface area contributed by atoms with Crippen molar-refractivity contribution in [2.24, 2.45) is 0 Å². The highest BCUT2D eigenvalue weighted by atomic mass is 32.1. The molecule has 14 heavy (non-hydrogen) atoms. The third kappa shape index (κ3) is 3.10. The van der Waals surface area contributed by atoms with E-state index in [1.807, 2.05) is 0 Å². The Balaban J connectivity index is 2.52. The predicted octanol–water partition coefficient (Wildman–Crippen LogP) is 1.27. The van der Waals surface area contributed by atoms with Crippen molar-refractivity contribution < 1.29 is 19.7 Å². The van der Waals surface area contributed by atoms with Crippen molar-refractivity contribution in [3.05, 3.63) is 22.4 Å². The van der Waals surface area contributed by atoms with Crippen LogP contribution in [0.5, 0.6) is 0 Å². The molecule has 1 atom stereocenters. The fraction of sp³-hybridized carbons (Fsp3) is 0.444. The van der Waals surface area contributed by atoms with Gasteiger partial charge in [0.05, 0.1) is 6.61 Å². The van der Waals surface area contributed by atoms with Crippen LogP contribution in [0.3, 0.4) is 0 Å². The van der Waals surface area contributed by atoms with E-state index < -0.39 is 12.1 Å². The summed E-state index contributed by atoms with van der Waals surface area (Å²) < 4.78 is 5.14. The standard InChI is InChI=1S/C9H12O4S/c10-3-1-4-13-8(9(11)12)7-2-5-14-6-7/h2,5-6,8,10H,1,3-4H2,(H,11,12). The minimum absolute atomic E-state index is 0.00990. The lowest BCUT2D eigenvalue weighted by Gasteiger charge is -2.11. The molecule has 0 saturated carbocycles. The van der Waals surface area contributed by atoms with Gasteiger partial charge in [-0.25, -0.2) is 4.79 Å². The molecule has 0 fully saturated rings. The molecule has 0 amide bonds. The molecule has 1 rings (SSSR count). The lowest BCUT2D eigenvalue weighted by Crippen LogP contribution is -2.15. The number of carbonyl (C=O) groups is 1. The number of hydrogen-bond donors (Lipinski definition) is 2. The van der Waals surface area contributed by atoms with E-state index in [9.17, 15) is 4.79 Å². The maximum atomic E-state index is 10.8. The zero-order chi connectivity index (χ0) is 10.4. The second kappa shape index (κ2) is 5.74. The topological polar surface area (TPSA) is 66.8 Å². The number of rotatable bonds is 6. The number of aliphatic hydroxyl groups is 1. The molecule has 78 valence electrons. The number of thiophene rings is 1. The summed E-state index contributed by atoms with van der Waals surface area (Å²) in [6.07, 6.45) is -0.457. The third-order valence-electron chi connectivity index (χ3n) is 1.66. The fourth-order valence-electron chi connectivity index (χ4n) is 1.00. The number of aliphatic hydroxyl groups excluding tert-OH is 1. The molecule has 2 N–H and O–H groups in total. The molecule has 0 aromatic carbocycles. The smallest absolute Gasteiger partial charge is 0.337 e. The number of carboxylic acids is 1. The van der Waals surface area contributed by atoms with E-state index in [0.29, 0.717) is 12.0 Å². The second-order valence-electron chi connectivity index (χ2n) is 2.72. The van der Waals surface area contributed by atoms with Gasteiger partial charge >= 0.3 is 5.97 Å². The van der Waals surface area contributed by atoms with Crippen molar-refractivity contribution in [1.29, 1.82) is 0 Å². The van der Waals surface area contributed by atoms with Crippen LogP contribution < -0.4 is 0 Å². The molecular formula is C9H12O4S. The Morgan fingerprint density at radius 1 is 1.64 bits per heavy atom. The Morgan fingerprint density at radius 3 is 2.93 bits per heavy atom. The van der Waals surface area contributed by atoms with Gasteiger partial charge in [-0.2, -0.15) is 11.3 Å². The molecule has 4 nitrogen and oxygen atoms in total. The SMILES string of the molecule is O=C(O)C(OCCCO)c1ccsc1. The summed E-state index contributed by atoms with van der Waals surface area (Å²) in [5, 5.41) is 20.9. The van der Waals surface area contributed by atoms with Gasteiger partial charge in [-0.15, -0.1) is 0 Å². The normalized spacial score (nSPS) is 12.6. The third-order valence-corrected chi connectivity index (χ3v) is 2.36. The first-order chi connectivity index (χ1) is 6.75. The molecule has 5 heteroatoms. The lowest BCUT2D eigenvalue weighted by atomic mass is 10.2. The molecule has 0 aliphatic rings. The molecule has 1 aromatic heterocycles. The Kier molecular flexibility index (Phi) is 4.58. The van der Waals surface area contributed by atoms with Gasteiger partial charge < -0.3 is 14.9 Å². The lowest BCUT2D eigenvalue weighted by molar-refractivity contribution is -0.151. The Hall–Kier alpha value is -0.910. The van der Waals surface area contributed by atoms with Crippen LogP contribution in [0.25, 0.3) is 0 Å². The van der Waals surface area contributed by atoms with E-state index in [1.54, 1.807) is 16.8 Å². The summed E-state index contributed by atoms with van der Waals surface area (Å²) in [5.74, 6) is -0.999. The maximum Gasteiger partial charge on any atom is 0.337 e. The van der Waals surface area contributed by atoms with Crippen molar-refractivity contribution in [3.63, 3.8) is 0 Å². The van der Waals surface area contributed by atoms with Gasteiger partial charge in [0, 0.05) is 12.2 Å². The van der Waals surface area contributed by atoms with E-state index in [-0.39, 0.29) is 13.2 Å². The van der Waals surface area contributed by atoms with E-state index in [4.69, 9.17) is 14.9 Å². The maximum absolute atomic E-state index is 10.8. The molecule has 1 unspecified atom stereocenters. The molecule has 0 saturated heterocycles. The first-order valence-corrected chi connectivity index (χ1v) is 5.17. The summed E-state index contributed by atoms with van der Waals surface area (Å²) in [6.45, 7) is 0.263. The Morgan fingerprint density at radius 2 is 2.43 bits per heavy atom. The van der Waals surface area contributed by atoms with Gasteiger partial charge in [0.25, 0.3) is 0 Å². The van der Waals surface area contributed by atoms with Gasteiger partial charge in [-0.1, -0.05) is 0 Å². The zero-order valence-corrected chi connectivity index (χ0v) is 8.37. The molecule has 0 aliphatic carbocycles. The first kappa shape index (κ1) is 11.2. The Labute approximate surface area is 85.8 Å². The van der Waals surface area contributed by atoms with Crippen LogP contribution in [0.15, 0.2) is 16.8 Å². The largest absolute Gasteiger partial charge is 0.479 e. The second-order valence-corrected chi connectivity index (χ2v) is 3.50. The predicted molar refractivity (Wildman–Crippen MR) is 52.4 cm³/mol. The molecular weight excluding hydrogens is 204 g/mol. The summed E-state index contributed by atoms with van der Waals surface area (Å²) in [7, 11) is 0. The average molecular weight is 216 g/mol. The molecule has 1 aromatic rings. The first-order valence-electron chi connectivity index (χ1n) is 4.23. The van der Waals surface area contributed by atoms with Crippen molar-refractivity contribution in [2.75, 3.05) is 13.2 Å². The van der Waals surface area contributed by atoms with Crippen LogP contribution in [0.4, 0.5) is 0 Å². The summed E-state index contributed by atoms with van der Waals surface area (Å²) in [6, 6.07) is 1.72. The van der Waals surface area contributed by atoms with E-state index in [1.165, 1.54) is 11.3 Å². The molecule has 0 spiro atoms. The monoisotopic (exact) mass is 216 g/mol. The van der Waals surface area contributed by atoms with E-state index in [0.717, 1.165) is 0 Å². The van der Waals surface area contributed by atoms with Crippen LogP contribution in [-0.4, -0.2) is 29.4 Å². The van der Waals surface area contributed by atoms with Crippen LogP contribution >= 0.6 is 11.3 Å². The van der Waals surface area contributed by atoms with Crippen molar-refractivity contribution in [1.82, 2.24) is 0 Å². The molecule has 1 heterocycles. The summed E-state index contributed by atoms with van der Waals surface area (Å²) in [4.78, 5) is 10.8. The van der Waals surface area contributed by atoms with Crippen LogP contribution in [0.1, 0.15) is 18.1 Å². The Bertz CT molecular complexity index is 270. The quantitative estimate of drug-likeness (QED) is 0.703. The highest BCUT2D eigenvalue weighted by molar-refractivity contribution is 7.08. The van der Waals surface area contributed by atoms with Crippen molar-refractivity contribution in [2.45, 2.75) is 12.5 Å². The minimum Gasteiger partial charge on any atom is -0.479 e. The highest BCUT2D eigenvalue weighted by Gasteiger charge is 2.20. The minimum atomic E-state index is -0.999. The average Bonchev–Trinajstić information content (AvgIpc) is 2.64. The van der Waals surface area contributed by atoms with E-state index >= 15 is 0 Å². The van der Waals surface area contributed by atoms with Crippen molar-refractivity contribution in [3.8, 4) is 0 Å². The van der Waals surface area contributed by atoms with Gasteiger partial charge in [-0.3, -0.25) is 0 Å². The van der Waals surface area contributed by atoms with Gasteiger partial charge in [0.1, 0.15) is 0 Å². The van der Waals surface area contributed by atoms with Crippen LogP contribution in [0, 0.1) is 0 Å². The molecule has 0 radical (unpaired) electrons. The van der Waals surface area contributed by atoms with Gasteiger partial charge in [-0.05, 0) is 23.2 Å². The molecule has 0 bridgehead atoms. The van der Waals surface area contributed by atoms with Gasteiger partial charge in [0.2, 0.25) is 0 Å². The van der Waals surface area contributed by atoms with Crippen LogP contribution in [0.2, 0.25) is 0 Å². The van der Waals surface area contributed by atoms with Crippen molar-refractivity contribution >= 4 is 17.3 Å². The summed E-state index contributed by atoms with van der Waals surface area (Å²) >= 11 is 1.43. The number of carboxylic acid groups (broad SMARTS) is 1. The van der Waals surface area contributed by atoms with Gasteiger partial charge in [0.15, 0.2) is 6.10 Å². The number of hydrogen-bond acceptors (Lipinski definition) is 4. The fourth-order valence-corrected chi connectivity index (χ4v) is 1.67.